The van der Waals surface area contributed by atoms with E-state index in [0.717, 1.165) is 51.4 Å². The molecule has 0 saturated carbocycles. The molecule has 8 heteroatoms. The lowest BCUT2D eigenvalue weighted by Gasteiger charge is -2.19. The monoisotopic (exact) mass is 882 g/mol. The third-order valence-electron chi connectivity index (χ3n) is 12.3. The fourth-order valence-corrected chi connectivity index (χ4v) is 9.30. The summed E-state index contributed by atoms with van der Waals surface area (Å²) in [4.78, 5) is 42.5. The number of carbonyl (C=O) groups is 3. The van der Waals surface area contributed by atoms with Crippen LogP contribution in [0.5, 0.6) is 0 Å². The quantitative estimate of drug-likeness (QED) is 0.0354. The molecule has 362 valence electrons. The molecule has 2 atom stereocenters. The SMILES string of the molecule is CCCCCCCCCCCCCCCC[C@H](CSC[C@@H](NOC(=O)CCCCCCCCCCCCCCC)C(=O)O)OC(=O)CCCCCCCCCCCCCCC. The number of ether oxygens (including phenoxy) is 1. The molecule has 0 radical (unpaired) electrons. The molecular weight excluding hydrogens is 779 g/mol. The first-order valence-corrected chi connectivity index (χ1v) is 28.0. The summed E-state index contributed by atoms with van der Waals surface area (Å²) in [6, 6.07) is -1.01. The molecule has 0 heterocycles. The van der Waals surface area contributed by atoms with Crippen molar-refractivity contribution >= 4 is 29.7 Å². The molecule has 61 heavy (non-hydrogen) atoms. The molecule has 0 rings (SSSR count). The van der Waals surface area contributed by atoms with E-state index in [0.29, 0.717) is 18.6 Å². The maximum atomic E-state index is 12.9. The van der Waals surface area contributed by atoms with Crippen LogP contribution in [-0.4, -0.2) is 46.7 Å². The van der Waals surface area contributed by atoms with Gasteiger partial charge in [0.15, 0.2) is 0 Å². The van der Waals surface area contributed by atoms with Gasteiger partial charge in [-0.05, 0) is 25.7 Å². The van der Waals surface area contributed by atoms with Crippen LogP contribution in [0.25, 0.3) is 0 Å². The summed E-state index contributed by atoms with van der Waals surface area (Å²) < 4.78 is 6.01. The summed E-state index contributed by atoms with van der Waals surface area (Å²) in [5, 5.41) is 9.84. The lowest BCUT2D eigenvalue weighted by Crippen LogP contribution is -2.40. The molecule has 0 unspecified atom stereocenters. The van der Waals surface area contributed by atoms with Crippen LogP contribution in [0.3, 0.4) is 0 Å². The van der Waals surface area contributed by atoms with Crippen molar-refractivity contribution < 1.29 is 29.1 Å². The van der Waals surface area contributed by atoms with E-state index >= 15 is 0 Å². The number of hydrogen-bond donors (Lipinski definition) is 2. The summed E-state index contributed by atoms with van der Waals surface area (Å²) in [6.07, 6.45) is 52.2. The van der Waals surface area contributed by atoms with E-state index in [1.54, 1.807) is 0 Å². The van der Waals surface area contributed by atoms with Crippen LogP contribution in [0.4, 0.5) is 0 Å². The molecule has 0 aromatic carbocycles. The van der Waals surface area contributed by atoms with Gasteiger partial charge in [-0.2, -0.15) is 11.8 Å². The standard InChI is InChI=1S/C53H103NO6S/c1-4-7-10-13-16-19-22-25-28-29-32-35-38-41-44-49(59-51(55)45-42-39-36-33-30-26-23-20-17-14-11-8-5-2)47-61-48-50(53(57)58)54-60-52(56)46-43-40-37-34-31-27-24-21-18-15-12-9-6-3/h49-50,54H,4-48H2,1-3H3,(H,57,58)/t49-,50-/m1/s1. The molecule has 0 saturated heterocycles. The minimum absolute atomic E-state index is 0.131. The number of esters is 1. The van der Waals surface area contributed by atoms with Crippen LogP contribution >= 0.6 is 11.8 Å². The molecule has 0 bridgehead atoms. The summed E-state index contributed by atoms with van der Waals surface area (Å²) in [6.45, 7) is 6.80. The van der Waals surface area contributed by atoms with E-state index in [-0.39, 0.29) is 17.8 Å². The number of carbonyl (C=O) groups excluding carboxylic acids is 2. The lowest BCUT2D eigenvalue weighted by atomic mass is 10.0. The van der Waals surface area contributed by atoms with E-state index in [1.807, 2.05) is 0 Å². The predicted molar refractivity (Wildman–Crippen MR) is 263 cm³/mol. The minimum Gasteiger partial charge on any atom is -0.480 e. The van der Waals surface area contributed by atoms with Crippen molar-refractivity contribution in [3.05, 3.63) is 0 Å². The van der Waals surface area contributed by atoms with E-state index in [9.17, 15) is 19.5 Å². The molecule has 0 aliphatic carbocycles. The highest BCUT2D eigenvalue weighted by Gasteiger charge is 2.22. The number of nitrogens with one attached hydrogen (secondary N) is 1. The van der Waals surface area contributed by atoms with Gasteiger partial charge < -0.3 is 14.7 Å². The molecule has 0 aliphatic heterocycles. The van der Waals surface area contributed by atoms with Crippen molar-refractivity contribution in [2.45, 2.75) is 309 Å². The lowest BCUT2D eigenvalue weighted by molar-refractivity contribution is -0.157. The van der Waals surface area contributed by atoms with Crippen LogP contribution in [-0.2, 0) is 24.0 Å². The van der Waals surface area contributed by atoms with Gasteiger partial charge >= 0.3 is 17.9 Å². The number of thioether (sulfide) groups is 1. The van der Waals surface area contributed by atoms with E-state index in [2.05, 4.69) is 26.3 Å². The fraction of sp³-hybridized carbons (Fsp3) is 0.943. The molecular formula is C53H103NO6S. The Hall–Kier alpha value is -1.28. The number of hydrogen-bond acceptors (Lipinski definition) is 7. The summed E-state index contributed by atoms with van der Waals surface area (Å²) in [5.41, 5.74) is 2.52. The van der Waals surface area contributed by atoms with Gasteiger partial charge in [0.05, 0.1) is 0 Å². The third kappa shape index (κ3) is 46.5. The van der Waals surface area contributed by atoms with Crippen LogP contribution in [0.1, 0.15) is 297 Å². The molecule has 0 amide bonds. The second-order valence-electron chi connectivity index (χ2n) is 18.5. The predicted octanol–water partition coefficient (Wildman–Crippen LogP) is 17.0. The van der Waals surface area contributed by atoms with Gasteiger partial charge in [0.1, 0.15) is 12.1 Å². The Bertz CT molecular complexity index is 934. The Morgan fingerprint density at radius 2 is 0.705 bits per heavy atom. The fourth-order valence-electron chi connectivity index (χ4n) is 8.22. The molecule has 2 N–H and O–H groups in total. The average molecular weight is 882 g/mol. The molecule has 0 aliphatic rings. The zero-order valence-corrected chi connectivity index (χ0v) is 41.7. The number of carboxylic acids is 1. The van der Waals surface area contributed by atoms with Crippen molar-refractivity contribution in [2.75, 3.05) is 11.5 Å². The van der Waals surface area contributed by atoms with Crippen molar-refractivity contribution in [3.8, 4) is 0 Å². The average Bonchev–Trinajstić information content (AvgIpc) is 3.25. The van der Waals surface area contributed by atoms with Gasteiger partial charge in [-0.1, -0.05) is 258 Å². The highest BCUT2D eigenvalue weighted by molar-refractivity contribution is 7.99. The maximum absolute atomic E-state index is 12.9. The van der Waals surface area contributed by atoms with Gasteiger partial charge in [0, 0.05) is 24.3 Å². The van der Waals surface area contributed by atoms with Crippen LogP contribution in [0, 0.1) is 0 Å². The van der Waals surface area contributed by atoms with E-state index < -0.39 is 18.0 Å². The minimum atomic E-state index is -1.05. The molecule has 0 spiro atoms. The van der Waals surface area contributed by atoms with Gasteiger partial charge in [-0.25, -0.2) is 0 Å². The second-order valence-corrected chi connectivity index (χ2v) is 19.6. The molecule has 0 aromatic heterocycles. The van der Waals surface area contributed by atoms with Crippen LogP contribution < -0.4 is 5.48 Å². The normalized spacial score (nSPS) is 12.4. The highest BCUT2D eigenvalue weighted by Crippen LogP contribution is 2.19. The summed E-state index contributed by atoms with van der Waals surface area (Å²) in [5.74, 6) is -0.816. The van der Waals surface area contributed by atoms with Crippen molar-refractivity contribution in [2.24, 2.45) is 0 Å². The Labute approximate surface area is 383 Å². The smallest absolute Gasteiger partial charge is 0.324 e. The molecule has 0 fully saturated rings. The third-order valence-corrected chi connectivity index (χ3v) is 13.5. The maximum Gasteiger partial charge on any atom is 0.324 e. The number of carboxylic acid groups (broad SMARTS) is 1. The Morgan fingerprint density at radius 1 is 0.410 bits per heavy atom. The van der Waals surface area contributed by atoms with Crippen molar-refractivity contribution in [1.82, 2.24) is 5.48 Å². The topological polar surface area (TPSA) is 102 Å². The first kappa shape index (κ1) is 59.7. The van der Waals surface area contributed by atoms with Gasteiger partial charge in [0.25, 0.3) is 0 Å². The largest absolute Gasteiger partial charge is 0.480 e. The number of aliphatic carboxylic acids is 1. The number of unbranched alkanes of at least 4 members (excludes halogenated alkanes) is 37. The summed E-state index contributed by atoms with van der Waals surface area (Å²) >= 11 is 1.45. The van der Waals surface area contributed by atoms with Crippen molar-refractivity contribution in [3.63, 3.8) is 0 Å². The Morgan fingerprint density at radius 3 is 1.03 bits per heavy atom. The van der Waals surface area contributed by atoms with Gasteiger partial charge in [-0.15, -0.1) is 5.48 Å². The van der Waals surface area contributed by atoms with Crippen LogP contribution in [0.15, 0.2) is 0 Å². The zero-order valence-electron chi connectivity index (χ0n) is 40.9. The first-order chi connectivity index (χ1) is 29.9. The van der Waals surface area contributed by atoms with Crippen LogP contribution in [0.2, 0.25) is 0 Å². The van der Waals surface area contributed by atoms with E-state index in [4.69, 9.17) is 9.57 Å². The number of rotatable bonds is 51. The molecule has 0 aromatic rings. The van der Waals surface area contributed by atoms with Gasteiger partial charge in [-0.3, -0.25) is 14.4 Å². The van der Waals surface area contributed by atoms with E-state index in [1.165, 1.54) is 224 Å². The summed E-state index contributed by atoms with van der Waals surface area (Å²) in [7, 11) is 0. The van der Waals surface area contributed by atoms with Crippen molar-refractivity contribution in [1.29, 1.82) is 0 Å². The second kappa shape index (κ2) is 49.7. The highest BCUT2D eigenvalue weighted by atomic mass is 32.2. The zero-order chi connectivity index (χ0) is 44.5. The Kier molecular flexibility index (Phi) is 48.7. The number of hydroxylamine groups is 1. The first-order valence-electron chi connectivity index (χ1n) is 26.9. The van der Waals surface area contributed by atoms with Gasteiger partial charge in [0.2, 0.25) is 0 Å². The Balaban J connectivity index is 4.45. The molecule has 7 nitrogen and oxygen atoms in total.